The third-order valence-electron chi connectivity index (χ3n) is 4.75. The fraction of sp³-hybridized carbons (Fsp3) is 0.348. The average Bonchev–Trinajstić information content (AvgIpc) is 2.61. The molecule has 0 aliphatic carbocycles. The molecule has 1 amide bonds. The normalized spacial score (nSPS) is 11.6. The van der Waals surface area contributed by atoms with E-state index >= 15 is 0 Å². The minimum Gasteiger partial charge on any atom is -0.461 e. The Hall–Kier alpha value is -2.95. The number of esters is 1. The molecule has 5 heteroatoms. The molecule has 0 spiro atoms. The second-order valence-electron chi connectivity index (χ2n) is 7.15. The molecular formula is C23H27NO4. The van der Waals surface area contributed by atoms with Crippen LogP contribution in [0.5, 0.6) is 0 Å². The van der Waals surface area contributed by atoms with Crippen LogP contribution in [0, 0.1) is 20.8 Å². The van der Waals surface area contributed by atoms with Crippen LogP contribution in [0.2, 0.25) is 0 Å². The van der Waals surface area contributed by atoms with E-state index in [0.717, 1.165) is 22.3 Å². The summed E-state index contributed by atoms with van der Waals surface area (Å²) in [5.74, 6) is -0.623. The summed E-state index contributed by atoms with van der Waals surface area (Å²) in [6, 6.07) is 10.4. The van der Waals surface area contributed by atoms with E-state index in [1.165, 1.54) is 6.92 Å². The van der Waals surface area contributed by atoms with E-state index in [-0.39, 0.29) is 30.8 Å². The number of rotatable bonds is 7. The van der Waals surface area contributed by atoms with Crippen LogP contribution in [0.1, 0.15) is 63.2 Å². The maximum Gasteiger partial charge on any atom is 0.308 e. The molecule has 0 aliphatic heterocycles. The first-order chi connectivity index (χ1) is 13.2. The first kappa shape index (κ1) is 21.4. The Kier molecular flexibility index (Phi) is 7.10. The van der Waals surface area contributed by atoms with Crippen LogP contribution < -0.4 is 5.32 Å². The Labute approximate surface area is 166 Å². The molecule has 0 bridgehead atoms. The number of ketones is 1. The van der Waals surface area contributed by atoms with Crippen LogP contribution in [-0.2, 0) is 16.1 Å². The molecule has 1 unspecified atom stereocenters. The number of hydrogen-bond donors (Lipinski definition) is 1. The van der Waals surface area contributed by atoms with Crippen molar-refractivity contribution < 1.29 is 19.1 Å². The molecule has 1 atom stereocenters. The van der Waals surface area contributed by atoms with Gasteiger partial charge in [0.2, 0.25) is 0 Å². The Morgan fingerprint density at radius 2 is 1.68 bits per heavy atom. The number of benzene rings is 2. The summed E-state index contributed by atoms with van der Waals surface area (Å²) < 4.78 is 5.42. The Morgan fingerprint density at radius 1 is 1.04 bits per heavy atom. The average molecular weight is 381 g/mol. The molecule has 0 aromatic heterocycles. The summed E-state index contributed by atoms with van der Waals surface area (Å²) in [6.07, 6.45) is 0.0715. The lowest BCUT2D eigenvalue weighted by Gasteiger charge is -2.17. The van der Waals surface area contributed by atoms with Crippen LogP contribution in [-0.4, -0.2) is 23.7 Å². The topological polar surface area (TPSA) is 72.5 Å². The van der Waals surface area contributed by atoms with Gasteiger partial charge in [-0.1, -0.05) is 24.3 Å². The number of amides is 1. The highest BCUT2D eigenvalue weighted by molar-refractivity contribution is 5.97. The highest BCUT2D eigenvalue weighted by Crippen LogP contribution is 2.23. The smallest absolute Gasteiger partial charge is 0.308 e. The van der Waals surface area contributed by atoms with E-state index in [9.17, 15) is 14.4 Å². The van der Waals surface area contributed by atoms with E-state index in [1.807, 2.05) is 32.9 Å². The zero-order valence-corrected chi connectivity index (χ0v) is 17.1. The molecule has 0 radical (unpaired) electrons. The van der Waals surface area contributed by atoms with E-state index in [0.29, 0.717) is 11.1 Å². The second-order valence-corrected chi connectivity index (χ2v) is 7.15. The Balaban J connectivity index is 1.96. The van der Waals surface area contributed by atoms with Crippen molar-refractivity contribution in [3.05, 3.63) is 69.8 Å². The molecule has 0 heterocycles. The summed E-state index contributed by atoms with van der Waals surface area (Å²) in [4.78, 5) is 36.3. The van der Waals surface area contributed by atoms with Gasteiger partial charge in [0.05, 0.1) is 6.42 Å². The van der Waals surface area contributed by atoms with Gasteiger partial charge in [-0.2, -0.15) is 0 Å². The number of ether oxygens (including phenoxy) is 1. The zero-order valence-electron chi connectivity index (χ0n) is 17.1. The molecule has 0 aliphatic rings. The minimum atomic E-state index is -0.399. The first-order valence-corrected chi connectivity index (χ1v) is 9.32. The van der Waals surface area contributed by atoms with Gasteiger partial charge in [0, 0.05) is 17.2 Å². The standard InChI is InChI=1S/C23H27NO4/c1-14-11-15(2)22(18(5)25)17(4)20(14)13-28-21(26)12-16(3)24-23(27)19-9-7-6-8-10-19/h6-11,16H,12-13H2,1-5H3,(H,24,27). The summed E-state index contributed by atoms with van der Waals surface area (Å²) >= 11 is 0. The first-order valence-electron chi connectivity index (χ1n) is 9.32. The molecule has 2 aromatic carbocycles. The second kappa shape index (κ2) is 9.31. The zero-order chi connectivity index (χ0) is 20.8. The van der Waals surface area contributed by atoms with Gasteiger partial charge in [-0.3, -0.25) is 14.4 Å². The maximum atomic E-state index is 12.2. The molecule has 0 saturated heterocycles. The lowest BCUT2D eigenvalue weighted by atomic mass is 9.92. The van der Waals surface area contributed by atoms with Crippen molar-refractivity contribution in [1.29, 1.82) is 0 Å². The summed E-state index contributed by atoms with van der Waals surface area (Å²) in [6.45, 7) is 9.13. The number of carbonyl (C=O) groups excluding carboxylic acids is 3. The minimum absolute atomic E-state index is 0.000164. The SMILES string of the molecule is CC(=O)c1c(C)cc(C)c(COC(=O)CC(C)NC(=O)c2ccccc2)c1C. The highest BCUT2D eigenvalue weighted by Gasteiger charge is 2.17. The van der Waals surface area contributed by atoms with Crippen LogP contribution >= 0.6 is 0 Å². The Bertz CT molecular complexity index is 887. The third-order valence-corrected chi connectivity index (χ3v) is 4.75. The number of aryl methyl sites for hydroxylation is 2. The molecular weight excluding hydrogens is 354 g/mol. The fourth-order valence-corrected chi connectivity index (χ4v) is 3.40. The van der Waals surface area contributed by atoms with Crippen LogP contribution in [0.15, 0.2) is 36.4 Å². The Morgan fingerprint density at radius 3 is 2.29 bits per heavy atom. The molecule has 28 heavy (non-hydrogen) atoms. The lowest BCUT2D eigenvalue weighted by molar-refractivity contribution is -0.145. The van der Waals surface area contributed by atoms with Gasteiger partial charge >= 0.3 is 5.97 Å². The van der Waals surface area contributed by atoms with Gasteiger partial charge in [0.15, 0.2) is 5.78 Å². The molecule has 148 valence electrons. The molecule has 1 N–H and O–H groups in total. The molecule has 2 rings (SSSR count). The van der Waals surface area contributed by atoms with E-state index in [4.69, 9.17) is 4.74 Å². The third kappa shape index (κ3) is 5.28. The fourth-order valence-electron chi connectivity index (χ4n) is 3.40. The van der Waals surface area contributed by atoms with Crippen LogP contribution in [0.3, 0.4) is 0 Å². The van der Waals surface area contributed by atoms with Crippen LogP contribution in [0.4, 0.5) is 0 Å². The van der Waals surface area contributed by atoms with Gasteiger partial charge in [0.25, 0.3) is 5.91 Å². The largest absolute Gasteiger partial charge is 0.461 e. The van der Waals surface area contributed by atoms with Crippen molar-refractivity contribution in [2.75, 3.05) is 0 Å². The monoisotopic (exact) mass is 381 g/mol. The summed E-state index contributed by atoms with van der Waals surface area (Å²) in [5.41, 5.74) is 4.84. The maximum absolute atomic E-state index is 12.2. The van der Waals surface area contributed by atoms with Crippen LogP contribution in [0.25, 0.3) is 0 Å². The summed E-state index contributed by atoms with van der Waals surface area (Å²) in [7, 11) is 0. The molecule has 5 nitrogen and oxygen atoms in total. The van der Waals surface area contributed by atoms with Gasteiger partial charge in [0.1, 0.15) is 6.61 Å². The van der Waals surface area contributed by atoms with Crippen molar-refractivity contribution in [3.63, 3.8) is 0 Å². The number of nitrogens with one attached hydrogen (secondary N) is 1. The van der Waals surface area contributed by atoms with Gasteiger partial charge in [-0.05, 0) is 69.0 Å². The van der Waals surface area contributed by atoms with Gasteiger partial charge in [-0.15, -0.1) is 0 Å². The van der Waals surface area contributed by atoms with Crippen molar-refractivity contribution in [2.45, 2.75) is 53.7 Å². The highest BCUT2D eigenvalue weighted by atomic mass is 16.5. The van der Waals surface area contributed by atoms with Crippen molar-refractivity contribution in [1.82, 2.24) is 5.32 Å². The molecule has 2 aromatic rings. The van der Waals surface area contributed by atoms with Gasteiger partial charge in [-0.25, -0.2) is 0 Å². The van der Waals surface area contributed by atoms with E-state index in [1.54, 1.807) is 31.2 Å². The summed E-state index contributed by atoms with van der Waals surface area (Å²) in [5, 5.41) is 2.80. The number of hydrogen-bond acceptors (Lipinski definition) is 4. The van der Waals surface area contributed by atoms with E-state index < -0.39 is 5.97 Å². The predicted molar refractivity (Wildman–Crippen MR) is 108 cm³/mol. The lowest BCUT2D eigenvalue weighted by Crippen LogP contribution is -2.34. The molecule has 0 saturated carbocycles. The quantitative estimate of drug-likeness (QED) is 0.580. The van der Waals surface area contributed by atoms with Crippen molar-refractivity contribution in [3.8, 4) is 0 Å². The number of Topliss-reactive ketones (excluding diaryl/α,β-unsaturated/α-hetero) is 1. The van der Waals surface area contributed by atoms with E-state index in [2.05, 4.69) is 5.32 Å². The number of carbonyl (C=O) groups is 3. The van der Waals surface area contributed by atoms with Crippen molar-refractivity contribution >= 4 is 17.7 Å². The van der Waals surface area contributed by atoms with Crippen molar-refractivity contribution in [2.24, 2.45) is 0 Å². The molecule has 0 fully saturated rings. The predicted octanol–water partition coefficient (Wildman–Crippen LogP) is 4.07. The van der Waals surface area contributed by atoms with Gasteiger partial charge < -0.3 is 10.1 Å².